The van der Waals surface area contributed by atoms with E-state index < -0.39 is 0 Å². The lowest BCUT2D eigenvalue weighted by Gasteiger charge is -2.42. The lowest BCUT2D eigenvalue weighted by molar-refractivity contribution is -0.112. The zero-order valence-corrected chi connectivity index (χ0v) is 12.2. The molecule has 0 radical (unpaired) electrons. The summed E-state index contributed by atoms with van der Waals surface area (Å²) in [5.41, 5.74) is 1.01. The Bertz CT molecular complexity index is 386. The number of aryl methyl sites for hydroxylation is 1. The molecule has 108 valence electrons. The highest BCUT2D eigenvalue weighted by Crippen LogP contribution is 2.37. The van der Waals surface area contributed by atoms with Crippen LogP contribution in [0, 0.1) is 0 Å². The first-order chi connectivity index (χ1) is 9.27. The molecule has 1 aliphatic rings. The van der Waals surface area contributed by atoms with Crippen LogP contribution >= 0.6 is 0 Å². The summed E-state index contributed by atoms with van der Waals surface area (Å²) < 4.78 is 13.5. The Balaban J connectivity index is 2.32. The van der Waals surface area contributed by atoms with E-state index in [-0.39, 0.29) is 11.6 Å². The summed E-state index contributed by atoms with van der Waals surface area (Å²) in [5.74, 6) is 0. The highest BCUT2D eigenvalue weighted by molar-refractivity contribution is 5.14. The van der Waals surface area contributed by atoms with Gasteiger partial charge in [0.25, 0.3) is 0 Å². The Morgan fingerprint density at radius 2 is 2.21 bits per heavy atom. The van der Waals surface area contributed by atoms with Gasteiger partial charge in [-0.25, -0.2) is 0 Å². The highest BCUT2D eigenvalue weighted by atomic mass is 16.5. The van der Waals surface area contributed by atoms with E-state index in [0.717, 1.165) is 39.1 Å². The molecule has 1 N–H and O–H groups in total. The average molecular weight is 267 g/mol. The number of likely N-dealkylation sites (N-methyl/N-ethyl adjacent to an activating group) is 1. The van der Waals surface area contributed by atoms with Gasteiger partial charge in [0.2, 0.25) is 0 Å². The number of ether oxygens (including phenoxy) is 2. The molecule has 2 rings (SSSR count). The van der Waals surface area contributed by atoms with Crippen LogP contribution in [0.2, 0.25) is 0 Å². The topological polar surface area (TPSA) is 48.3 Å². The maximum Gasteiger partial charge on any atom is 0.0931 e. The molecular formula is C14H25N3O2. The molecule has 0 amide bonds. The number of rotatable bonds is 6. The van der Waals surface area contributed by atoms with Crippen LogP contribution in [0.3, 0.4) is 0 Å². The van der Waals surface area contributed by atoms with Crippen molar-refractivity contribution in [2.75, 3.05) is 26.9 Å². The molecule has 1 unspecified atom stereocenters. The summed E-state index contributed by atoms with van der Waals surface area (Å²) in [6, 6.07) is 2.25. The van der Waals surface area contributed by atoms with Crippen molar-refractivity contribution in [3.63, 3.8) is 0 Å². The van der Waals surface area contributed by atoms with Gasteiger partial charge in [-0.1, -0.05) is 6.92 Å². The fraction of sp³-hybridized carbons (Fsp3) is 0.786. The van der Waals surface area contributed by atoms with Gasteiger partial charge in [0.15, 0.2) is 0 Å². The first-order valence-corrected chi connectivity index (χ1v) is 7.15. The molecule has 1 aromatic heterocycles. The SMILES string of the molecule is CCNC(c1ccnn1CC)C1(OC)CCOCC1. The van der Waals surface area contributed by atoms with E-state index in [2.05, 4.69) is 30.3 Å². The molecule has 1 atom stereocenters. The van der Waals surface area contributed by atoms with Crippen molar-refractivity contribution in [2.24, 2.45) is 0 Å². The molecule has 5 nitrogen and oxygen atoms in total. The monoisotopic (exact) mass is 267 g/mol. The van der Waals surface area contributed by atoms with Gasteiger partial charge in [-0.05, 0) is 19.5 Å². The number of nitrogens with one attached hydrogen (secondary N) is 1. The van der Waals surface area contributed by atoms with E-state index in [9.17, 15) is 0 Å². The molecule has 0 bridgehead atoms. The molecule has 0 spiro atoms. The molecule has 2 heterocycles. The third-order valence-corrected chi connectivity index (χ3v) is 4.02. The van der Waals surface area contributed by atoms with Gasteiger partial charge >= 0.3 is 0 Å². The van der Waals surface area contributed by atoms with Crippen LogP contribution < -0.4 is 5.32 Å². The minimum atomic E-state index is -0.193. The lowest BCUT2D eigenvalue weighted by atomic mass is 9.84. The van der Waals surface area contributed by atoms with Crippen molar-refractivity contribution < 1.29 is 9.47 Å². The van der Waals surface area contributed by atoms with Crippen molar-refractivity contribution in [2.45, 2.75) is 44.9 Å². The van der Waals surface area contributed by atoms with Gasteiger partial charge in [0.05, 0.1) is 17.3 Å². The van der Waals surface area contributed by atoms with E-state index in [1.165, 1.54) is 5.69 Å². The molecule has 0 aromatic carbocycles. The van der Waals surface area contributed by atoms with Gasteiger partial charge < -0.3 is 14.8 Å². The zero-order valence-electron chi connectivity index (χ0n) is 12.2. The largest absolute Gasteiger partial charge is 0.381 e. The van der Waals surface area contributed by atoms with E-state index in [0.29, 0.717) is 0 Å². The smallest absolute Gasteiger partial charge is 0.0931 e. The fourth-order valence-electron chi connectivity index (χ4n) is 2.94. The van der Waals surface area contributed by atoms with Crippen LogP contribution in [0.4, 0.5) is 0 Å². The summed E-state index contributed by atoms with van der Waals surface area (Å²) in [6.45, 7) is 7.54. The molecule has 1 fully saturated rings. The highest BCUT2D eigenvalue weighted by Gasteiger charge is 2.42. The molecular weight excluding hydrogens is 242 g/mol. The minimum Gasteiger partial charge on any atom is -0.381 e. The van der Waals surface area contributed by atoms with E-state index >= 15 is 0 Å². The lowest BCUT2D eigenvalue weighted by Crippen LogP contribution is -2.50. The molecule has 19 heavy (non-hydrogen) atoms. The maximum atomic E-state index is 5.93. The quantitative estimate of drug-likeness (QED) is 0.853. The first kappa shape index (κ1) is 14.5. The Hall–Kier alpha value is -0.910. The van der Waals surface area contributed by atoms with Crippen LogP contribution in [0.15, 0.2) is 12.3 Å². The Morgan fingerprint density at radius 1 is 1.47 bits per heavy atom. The standard InChI is InChI=1S/C14H25N3O2/c1-4-15-13(12-6-9-16-17(12)5-2)14(18-3)7-10-19-11-8-14/h6,9,13,15H,4-5,7-8,10-11H2,1-3H3. The number of hydrogen-bond donors (Lipinski definition) is 1. The summed E-state index contributed by atoms with van der Waals surface area (Å²) in [7, 11) is 1.81. The Morgan fingerprint density at radius 3 is 2.79 bits per heavy atom. The molecule has 0 saturated carbocycles. The average Bonchev–Trinajstić information content (AvgIpc) is 2.93. The van der Waals surface area contributed by atoms with E-state index in [1.54, 1.807) is 0 Å². The van der Waals surface area contributed by atoms with Crippen LogP contribution in [-0.2, 0) is 16.0 Å². The number of methoxy groups -OCH3 is 1. The fourth-order valence-corrected chi connectivity index (χ4v) is 2.94. The number of aromatic nitrogens is 2. The third kappa shape index (κ3) is 2.83. The summed E-state index contributed by atoms with van der Waals surface area (Å²) in [5, 5.41) is 7.97. The van der Waals surface area contributed by atoms with Crippen LogP contribution in [-0.4, -0.2) is 42.2 Å². The normalized spacial score (nSPS) is 20.4. The van der Waals surface area contributed by atoms with Gasteiger partial charge in [0, 0.05) is 45.9 Å². The van der Waals surface area contributed by atoms with Gasteiger partial charge in [-0.3, -0.25) is 4.68 Å². The first-order valence-electron chi connectivity index (χ1n) is 7.15. The Kier molecular flexibility index (Phi) is 4.96. The summed E-state index contributed by atoms with van der Waals surface area (Å²) in [6.07, 6.45) is 3.69. The van der Waals surface area contributed by atoms with Crippen molar-refractivity contribution in [1.82, 2.24) is 15.1 Å². The van der Waals surface area contributed by atoms with E-state index in [1.807, 2.05) is 18.0 Å². The summed E-state index contributed by atoms with van der Waals surface area (Å²) >= 11 is 0. The maximum absolute atomic E-state index is 5.93. The predicted molar refractivity (Wildman–Crippen MR) is 74.1 cm³/mol. The van der Waals surface area contributed by atoms with Gasteiger partial charge in [-0.15, -0.1) is 0 Å². The minimum absolute atomic E-state index is 0.161. The molecule has 1 aliphatic heterocycles. The van der Waals surface area contributed by atoms with Crippen molar-refractivity contribution in [1.29, 1.82) is 0 Å². The predicted octanol–water partition coefficient (Wildman–Crippen LogP) is 1.75. The Labute approximate surface area is 115 Å². The van der Waals surface area contributed by atoms with Crippen LogP contribution in [0.25, 0.3) is 0 Å². The van der Waals surface area contributed by atoms with Gasteiger partial charge in [-0.2, -0.15) is 5.10 Å². The number of hydrogen-bond acceptors (Lipinski definition) is 4. The summed E-state index contributed by atoms with van der Waals surface area (Å²) in [4.78, 5) is 0. The van der Waals surface area contributed by atoms with Gasteiger partial charge in [0.1, 0.15) is 0 Å². The molecule has 1 aromatic rings. The molecule has 5 heteroatoms. The van der Waals surface area contributed by atoms with Crippen molar-refractivity contribution in [3.8, 4) is 0 Å². The number of nitrogens with zero attached hydrogens (tertiary/aromatic N) is 2. The zero-order chi connectivity index (χ0) is 13.7. The van der Waals surface area contributed by atoms with Crippen LogP contribution in [0.5, 0.6) is 0 Å². The third-order valence-electron chi connectivity index (χ3n) is 4.02. The molecule has 0 aliphatic carbocycles. The second-order valence-corrected chi connectivity index (χ2v) is 4.94. The van der Waals surface area contributed by atoms with E-state index in [4.69, 9.17) is 9.47 Å². The molecule has 1 saturated heterocycles. The second kappa shape index (κ2) is 6.50. The second-order valence-electron chi connectivity index (χ2n) is 4.94. The van der Waals surface area contributed by atoms with Crippen LogP contribution in [0.1, 0.15) is 38.4 Å². The van der Waals surface area contributed by atoms with Crippen molar-refractivity contribution >= 4 is 0 Å². The van der Waals surface area contributed by atoms with Crippen molar-refractivity contribution in [3.05, 3.63) is 18.0 Å².